The van der Waals surface area contributed by atoms with Crippen LogP contribution in [0, 0.1) is 6.92 Å². The minimum atomic E-state index is -0.0637. The number of urea groups is 1. The molecule has 3 rings (SSSR count). The van der Waals surface area contributed by atoms with Crippen LogP contribution in [0.1, 0.15) is 50.7 Å². The van der Waals surface area contributed by atoms with Crippen molar-refractivity contribution in [1.82, 2.24) is 15.1 Å². The van der Waals surface area contributed by atoms with E-state index in [1.54, 1.807) is 0 Å². The highest BCUT2D eigenvalue weighted by Crippen LogP contribution is 2.24. The monoisotopic (exact) mass is 343 g/mol. The van der Waals surface area contributed by atoms with Gasteiger partial charge in [-0.05, 0) is 51.3 Å². The molecule has 0 aromatic heterocycles. The van der Waals surface area contributed by atoms with E-state index in [-0.39, 0.29) is 11.4 Å². The summed E-state index contributed by atoms with van der Waals surface area (Å²) in [5.41, 5.74) is 2.48. The number of aryl methyl sites for hydroxylation is 1. The van der Waals surface area contributed by atoms with Gasteiger partial charge in [-0.1, -0.05) is 43.7 Å². The van der Waals surface area contributed by atoms with E-state index in [2.05, 4.69) is 55.3 Å². The molecule has 4 heteroatoms. The second-order valence-electron chi connectivity index (χ2n) is 8.40. The van der Waals surface area contributed by atoms with Gasteiger partial charge in [0.15, 0.2) is 0 Å². The number of rotatable bonds is 4. The summed E-state index contributed by atoms with van der Waals surface area (Å²) in [6, 6.07) is 9.25. The van der Waals surface area contributed by atoms with Gasteiger partial charge in [-0.2, -0.15) is 0 Å². The highest BCUT2D eigenvalue weighted by Gasteiger charge is 2.30. The summed E-state index contributed by atoms with van der Waals surface area (Å²) in [7, 11) is 0. The maximum absolute atomic E-state index is 12.7. The molecule has 0 radical (unpaired) electrons. The zero-order valence-electron chi connectivity index (χ0n) is 16.1. The highest BCUT2D eigenvalue weighted by molar-refractivity contribution is 5.74. The molecule has 2 fully saturated rings. The van der Waals surface area contributed by atoms with E-state index in [1.807, 2.05) is 4.90 Å². The molecule has 1 aromatic carbocycles. The molecule has 1 N–H and O–H groups in total. The van der Waals surface area contributed by atoms with Gasteiger partial charge < -0.3 is 10.2 Å². The summed E-state index contributed by atoms with van der Waals surface area (Å²) in [4.78, 5) is 17.3. The summed E-state index contributed by atoms with van der Waals surface area (Å²) in [6.07, 6.45) is 4.98. The molecule has 2 saturated heterocycles. The van der Waals surface area contributed by atoms with Crippen LogP contribution in [0.25, 0.3) is 0 Å². The SMILES string of the molecule is Cc1cccc(C(C)(C)CNC(=O)N2CCC[C@H](N3CCCC3)C2)c1. The van der Waals surface area contributed by atoms with Crippen LogP contribution in [0.3, 0.4) is 0 Å². The first-order valence-electron chi connectivity index (χ1n) is 9.80. The summed E-state index contributed by atoms with van der Waals surface area (Å²) in [6.45, 7) is 11.4. The fourth-order valence-electron chi connectivity index (χ4n) is 4.12. The van der Waals surface area contributed by atoms with Crippen molar-refractivity contribution in [3.8, 4) is 0 Å². The largest absolute Gasteiger partial charge is 0.337 e. The molecule has 0 spiro atoms. The number of amides is 2. The molecule has 4 nitrogen and oxygen atoms in total. The van der Waals surface area contributed by atoms with Crippen molar-refractivity contribution >= 4 is 6.03 Å². The van der Waals surface area contributed by atoms with Gasteiger partial charge in [0, 0.05) is 31.1 Å². The van der Waals surface area contributed by atoms with Crippen LogP contribution in [0.4, 0.5) is 4.79 Å². The Bertz CT molecular complexity index is 593. The van der Waals surface area contributed by atoms with E-state index in [9.17, 15) is 4.79 Å². The molecule has 138 valence electrons. The number of nitrogens with one attached hydrogen (secondary N) is 1. The lowest BCUT2D eigenvalue weighted by Crippen LogP contribution is -2.53. The third kappa shape index (κ3) is 4.55. The predicted molar refractivity (Wildman–Crippen MR) is 103 cm³/mol. The molecule has 1 atom stereocenters. The Kier molecular flexibility index (Phi) is 5.67. The molecular formula is C21H33N3O. The molecular weight excluding hydrogens is 310 g/mol. The van der Waals surface area contributed by atoms with Crippen LogP contribution in [0.15, 0.2) is 24.3 Å². The molecule has 2 aliphatic heterocycles. The number of piperidine rings is 1. The minimum absolute atomic E-state index is 0.0637. The third-order valence-corrected chi connectivity index (χ3v) is 5.82. The van der Waals surface area contributed by atoms with Crippen LogP contribution in [-0.4, -0.2) is 54.6 Å². The van der Waals surface area contributed by atoms with Crippen LogP contribution in [-0.2, 0) is 5.41 Å². The Morgan fingerprint density at radius 2 is 1.96 bits per heavy atom. The Morgan fingerprint density at radius 1 is 1.20 bits per heavy atom. The molecule has 2 heterocycles. The van der Waals surface area contributed by atoms with Crippen molar-refractivity contribution in [3.05, 3.63) is 35.4 Å². The number of hydrogen-bond donors (Lipinski definition) is 1. The second-order valence-corrected chi connectivity index (χ2v) is 8.40. The number of likely N-dealkylation sites (tertiary alicyclic amines) is 2. The van der Waals surface area contributed by atoms with Crippen molar-refractivity contribution < 1.29 is 4.79 Å². The van der Waals surface area contributed by atoms with Gasteiger partial charge in [0.25, 0.3) is 0 Å². The average molecular weight is 344 g/mol. The number of nitrogens with zero attached hydrogens (tertiary/aromatic N) is 2. The smallest absolute Gasteiger partial charge is 0.317 e. The molecule has 2 amide bonds. The molecule has 25 heavy (non-hydrogen) atoms. The van der Waals surface area contributed by atoms with Crippen molar-refractivity contribution in [3.63, 3.8) is 0 Å². The lowest BCUT2D eigenvalue weighted by molar-refractivity contribution is 0.124. The maximum Gasteiger partial charge on any atom is 0.317 e. The summed E-state index contributed by atoms with van der Waals surface area (Å²) in [5, 5.41) is 3.19. The lowest BCUT2D eigenvalue weighted by atomic mass is 9.84. The zero-order chi connectivity index (χ0) is 17.9. The fourth-order valence-corrected chi connectivity index (χ4v) is 4.12. The first kappa shape index (κ1) is 18.2. The van der Waals surface area contributed by atoms with Crippen molar-refractivity contribution in [2.45, 2.75) is 57.9 Å². The van der Waals surface area contributed by atoms with Gasteiger partial charge in [-0.15, -0.1) is 0 Å². The summed E-state index contributed by atoms with van der Waals surface area (Å²) in [5.74, 6) is 0. The van der Waals surface area contributed by atoms with E-state index in [1.165, 1.54) is 43.5 Å². The zero-order valence-corrected chi connectivity index (χ0v) is 16.1. The standard InChI is InChI=1S/C21H33N3O/c1-17-8-6-9-18(14-17)21(2,3)16-22-20(25)24-13-7-10-19(15-24)23-11-4-5-12-23/h6,8-9,14,19H,4-5,7,10-13,15-16H2,1-3H3,(H,22,25)/t19-/m0/s1. The average Bonchev–Trinajstić information content (AvgIpc) is 3.14. The normalized spacial score (nSPS) is 22.2. The Hall–Kier alpha value is -1.55. The quantitative estimate of drug-likeness (QED) is 0.907. The van der Waals surface area contributed by atoms with Gasteiger partial charge in [0.2, 0.25) is 0 Å². The molecule has 2 aliphatic rings. The van der Waals surface area contributed by atoms with Crippen LogP contribution >= 0.6 is 0 Å². The molecule has 0 aliphatic carbocycles. The molecule has 0 saturated carbocycles. The van der Waals surface area contributed by atoms with Crippen molar-refractivity contribution in [1.29, 1.82) is 0 Å². The maximum atomic E-state index is 12.7. The Labute approximate surface area is 152 Å². The Balaban J connectivity index is 1.54. The van der Waals surface area contributed by atoms with Crippen LogP contribution < -0.4 is 5.32 Å². The van der Waals surface area contributed by atoms with Gasteiger partial charge >= 0.3 is 6.03 Å². The molecule has 0 bridgehead atoms. The third-order valence-electron chi connectivity index (χ3n) is 5.82. The van der Waals surface area contributed by atoms with Gasteiger partial charge in [-0.3, -0.25) is 4.90 Å². The second kappa shape index (κ2) is 7.77. The topological polar surface area (TPSA) is 35.6 Å². The van der Waals surface area contributed by atoms with E-state index < -0.39 is 0 Å². The summed E-state index contributed by atoms with van der Waals surface area (Å²) >= 11 is 0. The van der Waals surface area contributed by atoms with E-state index >= 15 is 0 Å². The lowest BCUT2D eigenvalue weighted by Gasteiger charge is -2.38. The number of benzene rings is 1. The van der Waals surface area contributed by atoms with E-state index in [4.69, 9.17) is 0 Å². The molecule has 0 unspecified atom stereocenters. The first-order valence-corrected chi connectivity index (χ1v) is 9.80. The fraction of sp³-hybridized carbons (Fsp3) is 0.667. The van der Waals surface area contributed by atoms with Crippen molar-refractivity contribution in [2.75, 3.05) is 32.7 Å². The highest BCUT2D eigenvalue weighted by atomic mass is 16.2. The van der Waals surface area contributed by atoms with Crippen molar-refractivity contribution in [2.24, 2.45) is 0 Å². The first-order chi connectivity index (χ1) is 12.0. The van der Waals surface area contributed by atoms with E-state index in [0.29, 0.717) is 12.6 Å². The summed E-state index contributed by atoms with van der Waals surface area (Å²) < 4.78 is 0. The number of carbonyl (C=O) groups is 1. The van der Waals surface area contributed by atoms with Gasteiger partial charge in [-0.25, -0.2) is 4.79 Å². The van der Waals surface area contributed by atoms with Crippen LogP contribution in [0.2, 0.25) is 0 Å². The van der Waals surface area contributed by atoms with E-state index in [0.717, 1.165) is 19.5 Å². The predicted octanol–water partition coefficient (Wildman–Crippen LogP) is 3.54. The number of hydrogen-bond acceptors (Lipinski definition) is 2. The van der Waals surface area contributed by atoms with Crippen LogP contribution in [0.5, 0.6) is 0 Å². The Morgan fingerprint density at radius 3 is 2.68 bits per heavy atom. The van der Waals surface area contributed by atoms with Gasteiger partial charge in [0.05, 0.1) is 0 Å². The number of carbonyl (C=O) groups excluding carboxylic acids is 1. The van der Waals surface area contributed by atoms with Gasteiger partial charge in [0.1, 0.15) is 0 Å². The minimum Gasteiger partial charge on any atom is -0.337 e. The molecule has 1 aromatic rings.